The molecule has 0 saturated heterocycles. The van der Waals surface area contributed by atoms with E-state index in [0.29, 0.717) is 6.04 Å². The number of anilines is 1. The lowest BCUT2D eigenvalue weighted by Gasteiger charge is -2.14. The van der Waals surface area contributed by atoms with Crippen molar-refractivity contribution in [3.63, 3.8) is 0 Å². The molecular weight excluding hydrogens is 170 g/mol. The Morgan fingerprint density at radius 1 is 1.14 bits per heavy atom. The van der Waals surface area contributed by atoms with Crippen LogP contribution in [0, 0.1) is 13.8 Å². The van der Waals surface area contributed by atoms with Gasteiger partial charge in [0.05, 0.1) is 0 Å². The van der Waals surface area contributed by atoms with Gasteiger partial charge in [0.15, 0.2) is 0 Å². The molecule has 0 amide bonds. The summed E-state index contributed by atoms with van der Waals surface area (Å²) in [6.45, 7) is 10.9. The average Bonchev–Trinajstić information content (AvgIpc) is 2.01. The van der Waals surface area contributed by atoms with Gasteiger partial charge >= 0.3 is 0 Å². The summed E-state index contributed by atoms with van der Waals surface area (Å²) in [6, 6.07) is 4.98. The Hall–Kier alpha value is -0.980. The van der Waals surface area contributed by atoms with Crippen LogP contribution in [-0.4, -0.2) is 6.04 Å². The van der Waals surface area contributed by atoms with E-state index >= 15 is 0 Å². The molecule has 78 valence electrons. The van der Waals surface area contributed by atoms with Crippen molar-refractivity contribution in [1.82, 2.24) is 0 Å². The Bertz CT molecular complexity index is 290. The zero-order chi connectivity index (χ0) is 10.7. The first kappa shape index (κ1) is 11.1. The minimum Gasteiger partial charge on any atom is -0.383 e. The van der Waals surface area contributed by atoms with Gasteiger partial charge in [0, 0.05) is 11.7 Å². The fourth-order valence-corrected chi connectivity index (χ4v) is 1.97. The van der Waals surface area contributed by atoms with Gasteiger partial charge in [-0.25, -0.2) is 0 Å². The van der Waals surface area contributed by atoms with E-state index in [4.69, 9.17) is 0 Å². The van der Waals surface area contributed by atoms with Crippen molar-refractivity contribution < 1.29 is 0 Å². The number of benzene rings is 1. The number of aryl methyl sites for hydroxylation is 2. The Morgan fingerprint density at radius 3 is 2.00 bits per heavy atom. The molecule has 0 saturated carbocycles. The molecule has 0 aromatic heterocycles. The van der Waals surface area contributed by atoms with Crippen LogP contribution in [0.3, 0.4) is 0 Å². The summed E-state index contributed by atoms with van der Waals surface area (Å²) in [5.41, 5.74) is 5.53. The average molecular weight is 191 g/mol. The van der Waals surface area contributed by atoms with Gasteiger partial charge in [-0.2, -0.15) is 0 Å². The summed E-state index contributed by atoms with van der Waals surface area (Å²) >= 11 is 0. The SMILES string of the molecule is CCc1c(C)cc(NC(C)C)cc1C. The molecule has 1 N–H and O–H groups in total. The Kier molecular flexibility index (Phi) is 3.56. The summed E-state index contributed by atoms with van der Waals surface area (Å²) in [4.78, 5) is 0. The normalized spacial score (nSPS) is 10.7. The van der Waals surface area contributed by atoms with Crippen molar-refractivity contribution in [2.24, 2.45) is 0 Å². The third-order valence-corrected chi connectivity index (χ3v) is 2.50. The monoisotopic (exact) mass is 191 g/mol. The van der Waals surface area contributed by atoms with Crippen molar-refractivity contribution in [3.05, 3.63) is 28.8 Å². The second-order valence-corrected chi connectivity index (χ2v) is 4.24. The summed E-state index contributed by atoms with van der Waals surface area (Å²) in [7, 11) is 0. The number of hydrogen-bond donors (Lipinski definition) is 1. The van der Waals surface area contributed by atoms with Gasteiger partial charge in [-0.15, -0.1) is 0 Å². The molecule has 0 aliphatic carbocycles. The van der Waals surface area contributed by atoms with Crippen molar-refractivity contribution in [2.75, 3.05) is 5.32 Å². The van der Waals surface area contributed by atoms with Crippen LogP contribution >= 0.6 is 0 Å². The molecule has 0 fully saturated rings. The molecule has 0 heterocycles. The van der Waals surface area contributed by atoms with E-state index in [9.17, 15) is 0 Å². The molecule has 14 heavy (non-hydrogen) atoms. The predicted molar refractivity (Wildman–Crippen MR) is 64.1 cm³/mol. The highest BCUT2D eigenvalue weighted by Gasteiger charge is 2.03. The van der Waals surface area contributed by atoms with E-state index < -0.39 is 0 Å². The third kappa shape index (κ3) is 2.50. The molecular formula is C13H21N. The van der Waals surface area contributed by atoms with Gasteiger partial charge in [0.2, 0.25) is 0 Å². The number of rotatable bonds is 3. The molecule has 0 radical (unpaired) electrons. The maximum absolute atomic E-state index is 3.44. The fourth-order valence-electron chi connectivity index (χ4n) is 1.97. The van der Waals surface area contributed by atoms with Gasteiger partial charge < -0.3 is 5.32 Å². The molecule has 1 aromatic carbocycles. The molecule has 0 unspecified atom stereocenters. The molecule has 0 atom stereocenters. The van der Waals surface area contributed by atoms with Crippen LogP contribution in [-0.2, 0) is 6.42 Å². The van der Waals surface area contributed by atoms with Crippen molar-refractivity contribution in [3.8, 4) is 0 Å². The highest BCUT2D eigenvalue weighted by atomic mass is 14.9. The molecule has 1 aromatic rings. The quantitative estimate of drug-likeness (QED) is 0.768. The maximum atomic E-state index is 3.44. The van der Waals surface area contributed by atoms with Gasteiger partial charge in [-0.1, -0.05) is 6.92 Å². The van der Waals surface area contributed by atoms with Gasteiger partial charge in [-0.05, 0) is 62.9 Å². The lowest BCUT2D eigenvalue weighted by Crippen LogP contribution is -2.10. The van der Waals surface area contributed by atoms with E-state index in [-0.39, 0.29) is 0 Å². The first-order valence-electron chi connectivity index (χ1n) is 5.41. The zero-order valence-electron chi connectivity index (χ0n) is 9.94. The molecule has 0 spiro atoms. The van der Waals surface area contributed by atoms with E-state index in [0.717, 1.165) is 6.42 Å². The van der Waals surface area contributed by atoms with Gasteiger partial charge in [-0.3, -0.25) is 0 Å². The Morgan fingerprint density at radius 2 is 1.64 bits per heavy atom. The molecule has 0 aliphatic heterocycles. The van der Waals surface area contributed by atoms with Crippen LogP contribution in [0.1, 0.15) is 37.5 Å². The minimum atomic E-state index is 0.501. The second kappa shape index (κ2) is 4.50. The third-order valence-electron chi connectivity index (χ3n) is 2.50. The topological polar surface area (TPSA) is 12.0 Å². The lowest BCUT2D eigenvalue weighted by atomic mass is 9.99. The van der Waals surface area contributed by atoms with Crippen LogP contribution in [0.15, 0.2) is 12.1 Å². The van der Waals surface area contributed by atoms with Gasteiger partial charge in [0.25, 0.3) is 0 Å². The van der Waals surface area contributed by atoms with Crippen molar-refractivity contribution in [1.29, 1.82) is 0 Å². The first-order chi connectivity index (χ1) is 6.54. The molecule has 1 nitrogen and oxygen atoms in total. The maximum Gasteiger partial charge on any atom is 0.0347 e. The van der Waals surface area contributed by atoms with Gasteiger partial charge in [0.1, 0.15) is 0 Å². The number of nitrogens with one attached hydrogen (secondary N) is 1. The molecule has 0 bridgehead atoms. The first-order valence-corrected chi connectivity index (χ1v) is 5.41. The van der Waals surface area contributed by atoms with Crippen LogP contribution < -0.4 is 5.32 Å². The van der Waals surface area contributed by atoms with Crippen LogP contribution in [0.5, 0.6) is 0 Å². The lowest BCUT2D eigenvalue weighted by molar-refractivity contribution is 0.898. The van der Waals surface area contributed by atoms with Crippen LogP contribution in [0.2, 0.25) is 0 Å². The Labute approximate surface area is 87.5 Å². The molecule has 1 heteroatoms. The summed E-state index contributed by atoms with van der Waals surface area (Å²) in [5, 5.41) is 3.44. The molecule has 0 aliphatic rings. The van der Waals surface area contributed by atoms with Crippen molar-refractivity contribution in [2.45, 2.75) is 47.1 Å². The highest BCUT2D eigenvalue weighted by Crippen LogP contribution is 2.20. The number of hydrogen-bond acceptors (Lipinski definition) is 1. The summed E-state index contributed by atoms with van der Waals surface area (Å²) < 4.78 is 0. The second-order valence-electron chi connectivity index (χ2n) is 4.24. The minimum absolute atomic E-state index is 0.501. The summed E-state index contributed by atoms with van der Waals surface area (Å²) in [6.07, 6.45) is 1.12. The molecule has 1 rings (SSSR count). The standard InChI is InChI=1S/C13H21N/c1-6-13-10(4)7-12(8-11(13)5)14-9(2)3/h7-9,14H,6H2,1-5H3. The van der Waals surface area contributed by atoms with E-state index in [2.05, 4.69) is 52.1 Å². The fraction of sp³-hybridized carbons (Fsp3) is 0.538. The smallest absolute Gasteiger partial charge is 0.0347 e. The highest BCUT2D eigenvalue weighted by molar-refractivity contribution is 5.52. The van der Waals surface area contributed by atoms with E-state index in [1.54, 1.807) is 0 Å². The van der Waals surface area contributed by atoms with Crippen molar-refractivity contribution >= 4 is 5.69 Å². The van der Waals surface area contributed by atoms with Crippen LogP contribution in [0.4, 0.5) is 5.69 Å². The largest absolute Gasteiger partial charge is 0.383 e. The van der Waals surface area contributed by atoms with Crippen LogP contribution in [0.25, 0.3) is 0 Å². The van der Waals surface area contributed by atoms with E-state index in [1.165, 1.54) is 22.4 Å². The summed E-state index contributed by atoms with van der Waals surface area (Å²) in [5.74, 6) is 0. The predicted octanol–water partition coefficient (Wildman–Crippen LogP) is 3.69. The zero-order valence-corrected chi connectivity index (χ0v) is 9.94. The Balaban J connectivity index is 3.01. The van der Waals surface area contributed by atoms with E-state index in [1.807, 2.05) is 0 Å².